The van der Waals surface area contributed by atoms with Gasteiger partial charge in [0.2, 0.25) is 0 Å². The van der Waals surface area contributed by atoms with E-state index in [4.69, 9.17) is 16.8 Å². The van der Waals surface area contributed by atoms with Crippen molar-refractivity contribution in [3.8, 4) is 0 Å². The molecule has 0 spiro atoms. The maximum Gasteiger partial charge on any atom is 0.418 e. The predicted octanol–water partition coefficient (Wildman–Crippen LogP) is 0.187. The van der Waals surface area contributed by atoms with Crippen molar-refractivity contribution in [2.24, 2.45) is 0 Å². The summed E-state index contributed by atoms with van der Waals surface area (Å²) in [5.41, 5.74) is 1.93. The molecular weight excluding hydrogens is 262 g/mol. The molecule has 6 nitrogen and oxygen atoms in total. The summed E-state index contributed by atoms with van der Waals surface area (Å²) < 4.78 is 43.0. The maximum absolute atomic E-state index is 10.7. The van der Waals surface area contributed by atoms with E-state index in [0.717, 1.165) is 6.42 Å². The normalized spacial score (nSPS) is 13.5. The van der Waals surface area contributed by atoms with Gasteiger partial charge < -0.3 is 0 Å². The Bertz CT molecular complexity index is 326. The molecule has 2 N–H and O–H groups in total. The van der Waals surface area contributed by atoms with Gasteiger partial charge >= 0.3 is 10.4 Å². The molecule has 0 aromatic carbocycles. The summed E-state index contributed by atoms with van der Waals surface area (Å²) in [5.74, 6) is 0.585. The second kappa shape index (κ2) is 7.23. The van der Waals surface area contributed by atoms with Crippen LogP contribution in [0.5, 0.6) is 0 Å². The molecule has 0 aromatic heterocycles. The molecule has 0 aliphatic heterocycles. The topological polar surface area (TPSA) is 92.7 Å². The van der Waals surface area contributed by atoms with Gasteiger partial charge in [0.15, 0.2) is 0 Å². The van der Waals surface area contributed by atoms with Gasteiger partial charge in [-0.15, -0.1) is 4.28 Å². The summed E-state index contributed by atoms with van der Waals surface area (Å²) in [7, 11) is -5.34. The molecule has 9 heteroatoms. The van der Waals surface area contributed by atoms with Crippen LogP contribution in [0.2, 0.25) is 0 Å². The molecule has 90 valence electrons. The van der Waals surface area contributed by atoms with Crippen molar-refractivity contribution in [2.75, 3.05) is 12.0 Å². The fourth-order valence-electron chi connectivity index (χ4n) is 0.741. The third-order valence-electron chi connectivity index (χ3n) is 1.35. The second-order valence-corrected chi connectivity index (χ2v) is 5.84. The van der Waals surface area contributed by atoms with E-state index >= 15 is 0 Å². The van der Waals surface area contributed by atoms with E-state index in [9.17, 15) is 12.6 Å². The Morgan fingerprint density at radius 3 is 2.60 bits per heavy atom. The molecule has 0 rings (SSSR count). The lowest BCUT2D eigenvalue weighted by Crippen LogP contribution is -2.25. The average molecular weight is 275 g/mol. The van der Waals surface area contributed by atoms with Gasteiger partial charge in [0.05, 0.1) is 0 Å². The highest BCUT2D eigenvalue weighted by atomic mass is 32.3. The number of nitrogens with one attached hydrogen (secondary N) is 1. The largest absolute Gasteiger partial charge is 0.418 e. The smallest absolute Gasteiger partial charge is 0.262 e. The van der Waals surface area contributed by atoms with Crippen molar-refractivity contribution < 1.29 is 21.5 Å². The molecule has 0 bridgehead atoms. The van der Waals surface area contributed by atoms with E-state index in [1.165, 1.54) is 0 Å². The minimum absolute atomic E-state index is 0.175. The fraction of sp³-hybridized carbons (Fsp3) is 0.833. The first kappa shape index (κ1) is 14.9. The van der Waals surface area contributed by atoms with E-state index in [2.05, 4.69) is 4.28 Å². The Kier molecular flexibility index (Phi) is 7.18. The lowest BCUT2D eigenvalue weighted by Gasteiger charge is -2.04. The van der Waals surface area contributed by atoms with Gasteiger partial charge in [0.1, 0.15) is 4.99 Å². The van der Waals surface area contributed by atoms with Crippen LogP contribution in [-0.4, -0.2) is 34.2 Å². The van der Waals surface area contributed by atoms with E-state index < -0.39 is 21.2 Å². The molecular formula is C6H13NO5S3. The molecule has 0 aliphatic rings. The molecule has 0 radical (unpaired) electrons. The third-order valence-corrected chi connectivity index (χ3v) is 2.79. The summed E-state index contributed by atoms with van der Waals surface area (Å²) in [6.07, 6.45) is 3.44. The number of hydrogen-bond acceptors (Lipinski definition) is 5. The monoisotopic (exact) mass is 275 g/mol. The van der Waals surface area contributed by atoms with Crippen LogP contribution in [-0.2, 0) is 25.5 Å². The molecule has 0 heterocycles. The fourth-order valence-corrected chi connectivity index (χ4v) is 1.80. The van der Waals surface area contributed by atoms with Gasteiger partial charge in [-0.25, -0.2) is 5.48 Å². The number of unbranched alkanes of at least 4 members (excludes halogenated alkanes) is 1. The van der Waals surface area contributed by atoms with Crippen molar-refractivity contribution in [3.63, 3.8) is 0 Å². The molecule has 1 atom stereocenters. The van der Waals surface area contributed by atoms with Crippen LogP contribution < -0.4 is 5.48 Å². The van der Waals surface area contributed by atoms with Crippen molar-refractivity contribution in [1.29, 1.82) is 0 Å². The summed E-state index contributed by atoms with van der Waals surface area (Å²) in [4.78, 5) is 0.175. The van der Waals surface area contributed by atoms with E-state index in [0.29, 0.717) is 18.6 Å². The minimum atomic E-state index is -4.51. The number of hydrogen-bond donors (Lipinski definition) is 2. The zero-order chi connectivity index (χ0) is 11.9. The number of rotatable bonds is 7. The van der Waals surface area contributed by atoms with Gasteiger partial charge in [-0.1, -0.05) is 12.2 Å². The first-order valence-electron chi connectivity index (χ1n) is 4.06. The van der Waals surface area contributed by atoms with Crippen LogP contribution in [0.25, 0.3) is 0 Å². The highest BCUT2D eigenvalue weighted by molar-refractivity contribution is 7.84. The SMILES string of the molecule is CS(=O)CCCCC(=S)NOS(=O)(=O)O. The average Bonchev–Trinajstić information content (AvgIpc) is 2.07. The highest BCUT2D eigenvalue weighted by Gasteiger charge is 2.05. The lowest BCUT2D eigenvalue weighted by molar-refractivity contribution is 0.227. The van der Waals surface area contributed by atoms with E-state index in [1.54, 1.807) is 6.26 Å². The Morgan fingerprint density at radius 2 is 2.13 bits per heavy atom. The third kappa shape index (κ3) is 11.8. The van der Waals surface area contributed by atoms with Gasteiger partial charge in [0.25, 0.3) is 0 Å². The molecule has 0 fully saturated rings. The van der Waals surface area contributed by atoms with Crippen molar-refractivity contribution >= 4 is 38.4 Å². The molecule has 0 saturated carbocycles. The zero-order valence-electron chi connectivity index (χ0n) is 8.13. The van der Waals surface area contributed by atoms with Crippen LogP contribution >= 0.6 is 12.2 Å². The Morgan fingerprint density at radius 1 is 1.53 bits per heavy atom. The maximum atomic E-state index is 10.7. The molecule has 0 amide bonds. The van der Waals surface area contributed by atoms with Crippen molar-refractivity contribution in [1.82, 2.24) is 5.48 Å². The van der Waals surface area contributed by atoms with Crippen LogP contribution in [0, 0.1) is 0 Å². The summed E-state index contributed by atoms with van der Waals surface area (Å²) in [6, 6.07) is 0. The number of hydroxylamine groups is 1. The summed E-state index contributed by atoms with van der Waals surface area (Å²) in [5, 5.41) is 0. The summed E-state index contributed by atoms with van der Waals surface area (Å²) >= 11 is 4.71. The lowest BCUT2D eigenvalue weighted by atomic mass is 10.2. The highest BCUT2D eigenvalue weighted by Crippen LogP contribution is 1.98. The van der Waals surface area contributed by atoms with E-state index in [-0.39, 0.29) is 4.99 Å². The van der Waals surface area contributed by atoms with Gasteiger partial charge in [0, 0.05) is 22.8 Å². The van der Waals surface area contributed by atoms with Crippen LogP contribution in [0.4, 0.5) is 0 Å². The van der Waals surface area contributed by atoms with E-state index in [1.807, 2.05) is 5.48 Å². The van der Waals surface area contributed by atoms with Gasteiger partial charge in [-0.3, -0.25) is 8.76 Å². The van der Waals surface area contributed by atoms with Crippen molar-refractivity contribution in [2.45, 2.75) is 19.3 Å². The molecule has 1 unspecified atom stereocenters. The van der Waals surface area contributed by atoms with Crippen LogP contribution in [0.3, 0.4) is 0 Å². The minimum Gasteiger partial charge on any atom is -0.262 e. The second-order valence-electron chi connectivity index (χ2n) is 2.77. The first-order valence-corrected chi connectivity index (χ1v) is 7.56. The predicted molar refractivity (Wildman–Crippen MR) is 61.2 cm³/mol. The Balaban J connectivity index is 3.55. The molecule has 0 aliphatic carbocycles. The van der Waals surface area contributed by atoms with Crippen LogP contribution in [0.1, 0.15) is 19.3 Å². The van der Waals surface area contributed by atoms with Crippen molar-refractivity contribution in [3.05, 3.63) is 0 Å². The quantitative estimate of drug-likeness (QED) is 0.296. The first-order chi connectivity index (χ1) is 6.81. The molecule has 15 heavy (non-hydrogen) atoms. The van der Waals surface area contributed by atoms with Crippen LogP contribution in [0.15, 0.2) is 0 Å². The Labute approximate surface area is 96.8 Å². The van der Waals surface area contributed by atoms with Gasteiger partial charge in [-0.05, 0) is 19.3 Å². The summed E-state index contributed by atoms with van der Waals surface area (Å²) in [6.45, 7) is 0. The zero-order valence-corrected chi connectivity index (χ0v) is 10.6. The number of thiocarbonyl (C=S) groups is 1. The van der Waals surface area contributed by atoms with Gasteiger partial charge in [-0.2, -0.15) is 8.42 Å². The molecule has 0 saturated heterocycles. The standard InChI is InChI=1S/C6H13NO5S3/c1-14(8)5-3-2-4-6(13)7-12-15(9,10)11/h2-5H2,1H3,(H,7,13)(H,9,10,11). The Hall–Kier alpha value is -0.0900. The molecule has 0 aromatic rings.